The van der Waals surface area contributed by atoms with E-state index in [1.807, 2.05) is 18.1 Å². The average Bonchev–Trinajstić information content (AvgIpc) is 2.29. The topological polar surface area (TPSA) is 46.1 Å². The van der Waals surface area contributed by atoms with Gasteiger partial charge in [0.1, 0.15) is 0 Å². The number of hydrogen-bond donors (Lipinski definition) is 0. The van der Waals surface area contributed by atoms with Crippen LogP contribution in [0.2, 0.25) is 0 Å². The summed E-state index contributed by atoms with van der Waals surface area (Å²) in [5.41, 5.74) is 1.56. The summed E-state index contributed by atoms with van der Waals surface area (Å²) in [4.78, 5) is 22.2. The molecule has 0 saturated carbocycles. The third-order valence-corrected chi connectivity index (χ3v) is 3.11. The molecule has 1 amide bonds. The molecule has 1 aromatic heterocycles. The molecule has 1 aromatic rings. The lowest BCUT2D eigenvalue weighted by atomic mass is 10.1. The number of carbonyl (C=O) groups excluding carboxylic acids is 1. The minimum atomic E-state index is 0.0615. The zero-order valence-corrected chi connectivity index (χ0v) is 9.67. The van der Waals surface area contributed by atoms with Gasteiger partial charge in [0, 0.05) is 25.7 Å². The molecule has 0 aromatic carbocycles. The molecule has 0 N–H and O–H groups in total. The van der Waals surface area contributed by atoms with Gasteiger partial charge in [-0.2, -0.15) is 0 Å². The van der Waals surface area contributed by atoms with Gasteiger partial charge in [0.2, 0.25) is 0 Å². The van der Waals surface area contributed by atoms with Crippen LogP contribution in [0.4, 0.5) is 0 Å². The summed E-state index contributed by atoms with van der Waals surface area (Å²) in [6.45, 7) is 3.51. The molecule has 2 heterocycles. The van der Waals surface area contributed by atoms with Crippen LogP contribution in [0.15, 0.2) is 11.4 Å². The van der Waals surface area contributed by atoms with Crippen LogP contribution in [-0.2, 0) is 6.42 Å². The van der Waals surface area contributed by atoms with Gasteiger partial charge in [-0.1, -0.05) is 11.8 Å². The Labute approximate surface area is 93.1 Å². The Kier molecular flexibility index (Phi) is 2.90. The minimum absolute atomic E-state index is 0.0615. The Morgan fingerprint density at radius 3 is 3.07 bits per heavy atom. The van der Waals surface area contributed by atoms with Crippen LogP contribution in [0.25, 0.3) is 0 Å². The predicted molar refractivity (Wildman–Crippen MR) is 59.1 cm³/mol. The highest BCUT2D eigenvalue weighted by molar-refractivity contribution is 7.98. The van der Waals surface area contributed by atoms with Gasteiger partial charge in [0.25, 0.3) is 5.91 Å². The maximum atomic E-state index is 11.9. The molecule has 5 heteroatoms. The van der Waals surface area contributed by atoms with Crippen molar-refractivity contribution in [2.75, 3.05) is 19.3 Å². The normalized spacial score (nSPS) is 15.3. The van der Waals surface area contributed by atoms with Crippen molar-refractivity contribution in [3.63, 3.8) is 0 Å². The van der Waals surface area contributed by atoms with Gasteiger partial charge >= 0.3 is 0 Å². The highest BCUT2D eigenvalue weighted by Gasteiger charge is 2.24. The Bertz CT molecular complexity index is 394. The van der Waals surface area contributed by atoms with Crippen LogP contribution in [0, 0.1) is 0 Å². The van der Waals surface area contributed by atoms with Crippen LogP contribution >= 0.6 is 11.8 Å². The monoisotopic (exact) mass is 223 g/mol. The highest BCUT2D eigenvalue weighted by Crippen LogP contribution is 2.18. The predicted octanol–water partition coefficient (Wildman–Crippen LogP) is 1.22. The second-order valence-corrected chi connectivity index (χ2v) is 4.13. The summed E-state index contributed by atoms with van der Waals surface area (Å²) in [7, 11) is 0. The number of amides is 1. The van der Waals surface area contributed by atoms with Crippen LogP contribution in [0.5, 0.6) is 0 Å². The van der Waals surface area contributed by atoms with Crippen LogP contribution in [0.1, 0.15) is 23.0 Å². The maximum Gasteiger partial charge on any atom is 0.257 e. The standard InChI is InChI=1S/C10H13N3OS/c1-3-13-5-4-8-7(9(13)14)6-11-10(12-8)15-2/h6H,3-5H2,1-2H3. The summed E-state index contributed by atoms with van der Waals surface area (Å²) in [5, 5.41) is 0.742. The van der Waals surface area contributed by atoms with Gasteiger partial charge in [-0.3, -0.25) is 4.79 Å². The number of likely N-dealkylation sites (N-methyl/N-ethyl adjacent to an activating group) is 1. The van der Waals surface area contributed by atoms with Gasteiger partial charge < -0.3 is 4.90 Å². The molecule has 0 aliphatic carbocycles. The molecule has 4 nitrogen and oxygen atoms in total. The molecule has 1 aliphatic heterocycles. The molecule has 0 atom stereocenters. The fraction of sp³-hybridized carbons (Fsp3) is 0.500. The molecule has 0 bridgehead atoms. The first kappa shape index (κ1) is 10.4. The Hall–Kier alpha value is -1.10. The summed E-state index contributed by atoms with van der Waals surface area (Å²) in [6, 6.07) is 0. The van der Waals surface area contributed by atoms with Crippen molar-refractivity contribution in [2.24, 2.45) is 0 Å². The van der Waals surface area contributed by atoms with Gasteiger partial charge in [0.15, 0.2) is 5.16 Å². The van der Waals surface area contributed by atoms with E-state index in [-0.39, 0.29) is 5.91 Å². The Morgan fingerprint density at radius 2 is 2.40 bits per heavy atom. The summed E-state index contributed by atoms with van der Waals surface area (Å²) < 4.78 is 0. The lowest BCUT2D eigenvalue weighted by Gasteiger charge is -2.26. The molecular formula is C10H13N3OS. The SMILES string of the molecule is CCN1CCc2nc(SC)ncc2C1=O. The van der Waals surface area contributed by atoms with Crippen molar-refractivity contribution < 1.29 is 4.79 Å². The van der Waals surface area contributed by atoms with Crippen LogP contribution in [-0.4, -0.2) is 40.1 Å². The molecule has 0 spiro atoms. The van der Waals surface area contributed by atoms with Crippen molar-refractivity contribution >= 4 is 17.7 Å². The molecular weight excluding hydrogens is 210 g/mol. The molecule has 0 saturated heterocycles. The number of nitrogens with zero attached hydrogens (tertiary/aromatic N) is 3. The zero-order chi connectivity index (χ0) is 10.8. The molecule has 0 unspecified atom stereocenters. The van der Waals surface area contributed by atoms with Crippen molar-refractivity contribution in [3.8, 4) is 0 Å². The minimum Gasteiger partial charge on any atom is -0.338 e. The van der Waals surface area contributed by atoms with Crippen LogP contribution in [0.3, 0.4) is 0 Å². The molecule has 1 aliphatic rings. The number of aromatic nitrogens is 2. The van der Waals surface area contributed by atoms with Gasteiger partial charge in [-0.05, 0) is 13.2 Å². The number of fused-ring (bicyclic) bond motifs is 1. The maximum absolute atomic E-state index is 11.9. The van der Waals surface area contributed by atoms with Crippen LogP contribution < -0.4 is 0 Å². The number of rotatable bonds is 2. The number of carbonyl (C=O) groups is 1. The van der Waals surface area contributed by atoms with E-state index in [1.165, 1.54) is 11.8 Å². The first-order valence-corrected chi connectivity index (χ1v) is 6.18. The largest absolute Gasteiger partial charge is 0.338 e. The Morgan fingerprint density at radius 1 is 1.60 bits per heavy atom. The molecule has 80 valence electrons. The first-order valence-electron chi connectivity index (χ1n) is 4.95. The lowest BCUT2D eigenvalue weighted by Crippen LogP contribution is -2.37. The molecule has 0 fully saturated rings. The van der Waals surface area contributed by atoms with E-state index in [1.54, 1.807) is 6.20 Å². The first-order chi connectivity index (χ1) is 7.26. The second kappa shape index (κ2) is 4.18. The quantitative estimate of drug-likeness (QED) is 0.558. The summed E-state index contributed by atoms with van der Waals surface area (Å²) in [5.74, 6) is 0.0615. The fourth-order valence-electron chi connectivity index (χ4n) is 1.68. The Balaban J connectivity index is 2.37. The fourth-order valence-corrected chi connectivity index (χ4v) is 2.04. The van der Waals surface area contributed by atoms with Crippen molar-refractivity contribution in [2.45, 2.75) is 18.5 Å². The third kappa shape index (κ3) is 1.84. The summed E-state index contributed by atoms with van der Waals surface area (Å²) in [6.07, 6.45) is 4.42. The second-order valence-electron chi connectivity index (χ2n) is 3.35. The lowest BCUT2D eigenvalue weighted by molar-refractivity contribution is 0.0746. The van der Waals surface area contributed by atoms with E-state index in [2.05, 4.69) is 9.97 Å². The average molecular weight is 223 g/mol. The summed E-state index contributed by atoms with van der Waals surface area (Å²) >= 11 is 1.50. The highest BCUT2D eigenvalue weighted by atomic mass is 32.2. The third-order valence-electron chi connectivity index (χ3n) is 2.55. The van der Waals surface area contributed by atoms with E-state index in [0.29, 0.717) is 5.56 Å². The number of thioether (sulfide) groups is 1. The smallest absolute Gasteiger partial charge is 0.257 e. The van der Waals surface area contributed by atoms with Crippen molar-refractivity contribution in [1.82, 2.24) is 14.9 Å². The van der Waals surface area contributed by atoms with Gasteiger partial charge in [-0.25, -0.2) is 9.97 Å². The van der Waals surface area contributed by atoms with E-state index in [9.17, 15) is 4.79 Å². The van der Waals surface area contributed by atoms with E-state index in [0.717, 1.165) is 30.4 Å². The molecule has 2 rings (SSSR count). The molecule has 0 radical (unpaired) electrons. The zero-order valence-electron chi connectivity index (χ0n) is 8.86. The van der Waals surface area contributed by atoms with Crippen molar-refractivity contribution in [3.05, 3.63) is 17.5 Å². The molecule has 15 heavy (non-hydrogen) atoms. The van der Waals surface area contributed by atoms with Gasteiger partial charge in [0.05, 0.1) is 11.3 Å². The van der Waals surface area contributed by atoms with Crippen molar-refractivity contribution in [1.29, 1.82) is 0 Å². The van der Waals surface area contributed by atoms with E-state index >= 15 is 0 Å². The van der Waals surface area contributed by atoms with E-state index in [4.69, 9.17) is 0 Å². The van der Waals surface area contributed by atoms with Gasteiger partial charge in [-0.15, -0.1) is 0 Å². The van der Waals surface area contributed by atoms with E-state index < -0.39 is 0 Å². The number of hydrogen-bond acceptors (Lipinski definition) is 4.